The van der Waals surface area contributed by atoms with E-state index in [0.717, 1.165) is 47.9 Å². The van der Waals surface area contributed by atoms with E-state index in [-0.39, 0.29) is 17.9 Å². The van der Waals surface area contributed by atoms with Crippen molar-refractivity contribution >= 4 is 45.0 Å². The lowest BCUT2D eigenvalue weighted by Gasteiger charge is -2.45. The molecule has 1 N–H and O–H groups in total. The molecule has 1 aliphatic carbocycles. The summed E-state index contributed by atoms with van der Waals surface area (Å²) < 4.78 is 3.20. The minimum absolute atomic E-state index is 0.0395. The Bertz CT molecular complexity index is 1210. The van der Waals surface area contributed by atoms with Gasteiger partial charge < -0.3 is 14.8 Å². The summed E-state index contributed by atoms with van der Waals surface area (Å²) in [6.45, 7) is 5.03. The Labute approximate surface area is 210 Å². The average Bonchev–Trinajstić information content (AvgIpc) is 3.39. The number of nitrogens with one attached hydrogen (secondary N) is 1. The topological polar surface area (TPSA) is 54.3 Å². The lowest BCUT2D eigenvalue weighted by atomic mass is 9.91. The molecule has 0 unspecified atom stereocenters. The zero-order chi connectivity index (χ0) is 23.9. The molecule has 1 aliphatic heterocycles. The summed E-state index contributed by atoms with van der Waals surface area (Å²) in [6, 6.07) is 12.1. The van der Waals surface area contributed by atoms with E-state index >= 15 is 0 Å². The molecule has 5 rings (SSSR count). The van der Waals surface area contributed by atoms with Crippen molar-refractivity contribution in [3.8, 4) is 0 Å². The number of nitrogens with zero attached hydrogens (tertiary/aromatic N) is 2. The van der Waals surface area contributed by atoms with Crippen molar-refractivity contribution in [1.82, 2.24) is 14.8 Å². The highest BCUT2D eigenvalue weighted by molar-refractivity contribution is 7.19. The normalized spacial score (nSPS) is 21.1. The average molecular weight is 498 g/mol. The monoisotopic (exact) mass is 497 g/mol. The Morgan fingerprint density at radius 1 is 1.18 bits per heavy atom. The van der Waals surface area contributed by atoms with Crippen LogP contribution in [-0.2, 0) is 24.2 Å². The predicted molar refractivity (Wildman–Crippen MR) is 139 cm³/mol. The molecular weight excluding hydrogens is 466 g/mol. The predicted octanol–water partition coefficient (Wildman–Crippen LogP) is 5.82. The number of aromatic nitrogens is 1. The second-order valence-corrected chi connectivity index (χ2v) is 11.5. The molecule has 1 aromatic carbocycles. The van der Waals surface area contributed by atoms with E-state index in [9.17, 15) is 9.59 Å². The Kier molecular flexibility index (Phi) is 6.47. The molecule has 3 aromatic rings. The van der Waals surface area contributed by atoms with Crippen molar-refractivity contribution in [1.29, 1.82) is 0 Å². The second-order valence-electron chi connectivity index (χ2n) is 9.85. The molecular formula is C27H32ClN3O2S. The third-order valence-electron chi connectivity index (χ3n) is 7.48. The van der Waals surface area contributed by atoms with Crippen molar-refractivity contribution in [3.05, 3.63) is 57.6 Å². The smallest absolute Gasteiger partial charge is 0.271 e. The minimum atomic E-state index is -0.950. The number of fused-ring (bicyclic) bond motifs is 3. The summed E-state index contributed by atoms with van der Waals surface area (Å²) in [5.41, 5.74) is 1.90. The van der Waals surface area contributed by atoms with Crippen LogP contribution in [0.4, 0.5) is 0 Å². The highest BCUT2D eigenvalue weighted by atomic mass is 35.5. The number of thiophene rings is 1. The summed E-state index contributed by atoms with van der Waals surface area (Å²) in [5, 5.41) is 4.01. The quantitative estimate of drug-likeness (QED) is 0.466. The van der Waals surface area contributed by atoms with Gasteiger partial charge in [-0.25, -0.2) is 0 Å². The molecule has 0 radical (unpaired) electrons. The van der Waals surface area contributed by atoms with Gasteiger partial charge >= 0.3 is 0 Å². The van der Waals surface area contributed by atoms with Gasteiger partial charge in [0, 0.05) is 22.5 Å². The molecule has 1 saturated carbocycles. The van der Waals surface area contributed by atoms with Crippen LogP contribution in [0.3, 0.4) is 0 Å². The number of hydrogen-bond acceptors (Lipinski definition) is 3. The molecule has 0 saturated heterocycles. The maximum Gasteiger partial charge on any atom is 0.271 e. The number of benzene rings is 1. The van der Waals surface area contributed by atoms with Crippen LogP contribution < -0.4 is 5.32 Å². The third-order valence-corrected chi connectivity index (χ3v) is 8.95. The zero-order valence-corrected chi connectivity index (χ0v) is 21.5. The lowest BCUT2D eigenvalue weighted by molar-refractivity contribution is -0.133. The maximum atomic E-state index is 13.8. The van der Waals surface area contributed by atoms with E-state index < -0.39 is 5.54 Å². The van der Waals surface area contributed by atoms with Gasteiger partial charge in [-0.2, -0.15) is 0 Å². The molecule has 3 heterocycles. The van der Waals surface area contributed by atoms with Crippen LogP contribution in [0.2, 0.25) is 5.02 Å². The maximum absolute atomic E-state index is 13.8. The van der Waals surface area contributed by atoms with Crippen LogP contribution in [0.15, 0.2) is 36.4 Å². The van der Waals surface area contributed by atoms with E-state index in [1.165, 1.54) is 11.3 Å². The van der Waals surface area contributed by atoms with Gasteiger partial charge in [-0.15, -0.1) is 11.3 Å². The Balaban J connectivity index is 1.48. The zero-order valence-electron chi connectivity index (χ0n) is 19.9. The van der Waals surface area contributed by atoms with Gasteiger partial charge in [0.25, 0.3) is 5.91 Å². The summed E-state index contributed by atoms with van der Waals surface area (Å²) in [7, 11) is 0. The number of rotatable bonds is 6. The molecule has 2 aliphatic rings. The lowest BCUT2D eigenvalue weighted by Crippen LogP contribution is -2.65. The second kappa shape index (κ2) is 9.38. The fourth-order valence-corrected chi connectivity index (χ4v) is 6.56. The van der Waals surface area contributed by atoms with Crippen LogP contribution >= 0.6 is 22.9 Å². The molecule has 180 valence electrons. The molecule has 0 spiro atoms. The molecule has 1 fully saturated rings. The number of aryl methyl sites for hydroxylation is 1. The van der Waals surface area contributed by atoms with E-state index in [1.54, 1.807) is 16.2 Å². The first-order valence-corrected chi connectivity index (χ1v) is 13.6. The number of halogens is 1. The van der Waals surface area contributed by atoms with Gasteiger partial charge in [0.15, 0.2) is 0 Å². The molecule has 0 bridgehead atoms. The third kappa shape index (κ3) is 4.27. The largest absolute Gasteiger partial charge is 0.351 e. The van der Waals surface area contributed by atoms with Crippen LogP contribution in [0.5, 0.6) is 0 Å². The van der Waals surface area contributed by atoms with Crippen molar-refractivity contribution < 1.29 is 9.59 Å². The molecule has 2 aromatic heterocycles. The number of carbonyl (C=O) groups excluding carboxylic acids is 2. The van der Waals surface area contributed by atoms with E-state index in [1.807, 2.05) is 37.3 Å². The van der Waals surface area contributed by atoms with Crippen molar-refractivity contribution in [2.24, 2.45) is 0 Å². The fraction of sp³-hybridized carbons (Fsp3) is 0.481. The standard InChI is InChI=1S/C27H32ClN3O2S/c1-3-21-15-22-24(34-21)16-23-25(32)31(14-13-18-9-11-19(28)12-10-18)27(2,17-30(22)23)26(33)29-20-7-5-4-6-8-20/h9-12,15-16,20H,3-8,13-14,17H2,1-2H3,(H,29,33)/t27-/m0/s1. The summed E-state index contributed by atoms with van der Waals surface area (Å²) in [4.78, 5) is 30.7. The number of carbonyl (C=O) groups is 2. The SMILES string of the molecule is CCc1cc2c(cc3n2C[C@@](C)(C(=O)NC2CCCCC2)N(CCc2ccc(Cl)cc2)C3=O)s1. The van der Waals surface area contributed by atoms with Crippen molar-refractivity contribution in [2.45, 2.75) is 76.9 Å². The summed E-state index contributed by atoms with van der Waals surface area (Å²) in [6.07, 6.45) is 7.21. The Hall–Kier alpha value is -2.31. The van der Waals surface area contributed by atoms with Crippen molar-refractivity contribution in [2.75, 3.05) is 6.54 Å². The minimum Gasteiger partial charge on any atom is -0.351 e. The summed E-state index contributed by atoms with van der Waals surface area (Å²) in [5.74, 6) is -0.106. The van der Waals surface area contributed by atoms with Gasteiger partial charge in [-0.3, -0.25) is 9.59 Å². The van der Waals surface area contributed by atoms with Gasteiger partial charge in [0.1, 0.15) is 11.2 Å². The van der Waals surface area contributed by atoms with Crippen LogP contribution in [0, 0.1) is 0 Å². The first-order valence-electron chi connectivity index (χ1n) is 12.4. The molecule has 1 atom stereocenters. The molecule has 2 amide bonds. The van der Waals surface area contributed by atoms with Crippen LogP contribution in [-0.4, -0.2) is 39.4 Å². The van der Waals surface area contributed by atoms with E-state index in [0.29, 0.717) is 30.2 Å². The fourth-order valence-electron chi connectivity index (χ4n) is 5.39. The van der Waals surface area contributed by atoms with Crippen LogP contribution in [0.1, 0.15) is 66.9 Å². The highest BCUT2D eigenvalue weighted by Crippen LogP contribution is 2.36. The molecule has 7 heteroatoms. The Morgan fingerprint density at radius 2 is 1.91 bits per heavy atom. The van der Waals surface area contributed by atoms with Gasteiger partial charge in [-0.1, -0.05) is 49.9 Å². The molecule has 34 heavy (non-hydrogen) atoms. The van der Waals surface area contributed by atoms with Gasteiger partial charge in [0.2, 0.25) is 5.91 Å². The van der Waals surface area contributed by atoms with E-state index in [2.05, 4.69) is 22.9 Å². The summed E-state index contributed by atoms with van der Waals surface area (Å²) >= 11 is 7.79. The van der Waals surface area contributed by atoms with Crippen molar-refractivity contribution in [3.63, 3.8) is 0 Å². The molecule has 5 nitrogen and oxygen atoms in total. The first-order chi connectivity index (χ1) is 16.4. The van der Waals surface area contributed by atoms with E-state index in [4.69, 9.17) is 11.6 Å². The highest BCUT2D eigenvalue weighted by Gasteiger charge is 2.48. The van der Waals surface area contributed by atoms with Crippen LogP contribution in [0.25, 0.3) is 10.2 Å². The van der Waals surface area contributed by atoms with Gasteiger partial charge in [-0.05, 0) is 62.4 Å². The number of hydrogen-bond donors (Lipinski definition) is 1. The number of amides is 2. The first kappa shape index (κ1) is 23.4. The van der Waals surface area contributed by atoms with Gasteiger partial charge in [0.05, 0.1) is 16.8 Å². The Morgan fingerprint density at radius 3 is 2.62 bits per heavy atom.